The Labute approximate surface area is 167 Å². The molecular weight excluding hydrogens is 437 g/mol. The Balaban J connectivity index is 2.06. The van der Waals surface area contributed by atoms with E-state index in [0.717, 1.165) is 31.2 Å². The molecule has 0 fully saturated rings. The lowest BCUT2D eigenvalue weighted by molar-refractivity contribution is -0.218. The molecule has 16 heteroatoms. The van der Waals surface area contributed by atoms with Gasteiger partial charge >= 0.3 is 6.18 Å². The standard InChI is InChI=1S/C14H15F3N6O6S/c1-27-8-6-13(24,29-3)23-12(19-8)20-11(21-23)22-30(25,26)9-7(14(15,16)17)4-5-18-10(9)28-2/h4-6,24H,1-3H3,(H2,19,20,21,22). The third-order valence-corrected chi connectivity index (χ3v) is 5.23. The summed E-state index contributed by atoms with van der Waals surface area (Å²) in [4.78, 5) is 6.06. The van der Waals surface area contributed by atoms with E-state index in [4.69, 9.17) is 14.2 Å². The zero-order chi connectivity index (χ0) is 22.3. The summed E-state index contributed by atoms with van der Waals surface area (Å²) in [5.74, 6) is -3.87. The Hall–Kier alpha value is -3.11. The Morgan fingerprint density at radius 1 is 1.27 bits per heavy atom. The summed E-state index contributed by atoms with van der Waals surface area (Å²) in [7, 11) is -1.56. The van der Waals surface area contributed by atoms with E-state index < -0.39 is 44.4 Å². The lowest BCUT2D eigenvalue weighted by atomic mass is 10.2. The number of anilines is 2. The highest BCUT2D eigenvalue weighted by molar-refractivity contribution is 7.92. The predicted molar refractivity (Wildman–Crippen MR) is 92.5 cm³/mol. The van der Waals surface area contributed by atoms with Crippen molar-refractivity contribution in [3.63, 3.8) is 0 Å². The lowest BCUT2D eigenvalue weighted by Crippen LogP contribution is -2.39. The number of halogens is 3. The number of hydrogen-bond donors (Lipinski definition) is 3. The minimum absolute atomic E-state index is 0.00180. The number of sulfonamides is 1. The van der Waals surface area contributed by atoms with Crippen molar-refractivity contribution in [2.75, 3.05) is 31.4 Å². The zero-order valence-electron chi connectivity index (χ0n) is 15.6. The van der Waals surface area contributed by atoms with Gasteiger partial charge in [-0.05, 0) is 6.07 Å². The van der Waals surface area contributed by atoms with Crippen LogP contribution in [-0.2, 0) is 31.6 Å². The van der Waals surface area contributed by atoms with Crippen molar-refractivity contribution in [3.8, 4) is 5.88 Å². The van der Waals surface area contributed by atoms with E-state index in [1.54, 1.807) is 0 Å². The third kappa shape index (κ3) is 3.71. The quantitative estimate of drug-likeness (QED) is 0.534. The first-order valence-electron chi connectivity index (χ1n) is 7.87. The molecular formula is C14H15F3N6O6S. The number of pyridine rings is 1. The maximum atomic E-state index is 13.4. The summed E-state index contributed by atoms with van der Waals surface area (Å²) in [6.07, 6.45) is -3.19. The summed E-state index contributed by atoms with van der Waals surface area (Å²) >= 11 is 0. The maximum Gasteiger partial charge on any atom is 0.418 e. The summed E-state index contributed by atoms with van der Waals surface area (Å²) in [5, 5.41) is 16.8. The zero-order valence-corrected chi connectivity index (χ0v) is 16.4. The number of aliphatic hydroxyl groups is 1. The minimum Gasteiger partial charge on any atom is -0.482 e. The van der Waals surface area contributed by atoms with Gasteiger partial charge in [-0.15, -0.1) is 5.10 Å². The number of rotatable bonds is 6. The molecule has 0 bridgehead atoms. The van der Waals surface area contributed by atoms with Gasteiger partial charge in [-0.2, -0.15) is 22.8 Å². The fourth-order valence-electron chi connectivity index (χ4n) is 2.52. The van der Waals surface area contributed by atoms with Gasteiger partial charge in [0.2, 0.25) is 11.8 Å². The molecule has 3 heterocycles. The molecule has 0 saturated heterocycles. The Bertz CT molecular complexity index is 1100. The number of alkyl halides is 3. The molecule has 0 spiro atoms. The number of nitrogens with one attached hydrogen (secondary N) is 2. The van der Waals surface area contributed by atoms with E-state index >= 15 is 0 Å². The highest BCUT2D eigenvalue weighted by Gasteiger charge is 2.41. The van der Waals surface area contributed by atoms with Crippen LogP contribution in [0.5, 0.6) is 5.88 Å². The topological polar surface area (TPSA) is 150 Å². The first kappa shape index (κ1) is 21.6. The fourth-order valence-corrected chi connectivity index (χ4v) is 3.79. The summed E-state index contributed by atoms with van der Waals surface area (Å²) in [6.45, 7) is 0. The van der Waals surface area contributed by atoms with Gasteiger partial charge in [0.25, 0.3) is 21.9 Å². The van der Waals surface area contributed by atoms with Gasteiger partial charge in [-0.25, -0.2) is 18.1 Å². The Morgan fingerprint density at radius 2 is 1.97 bits per heavy atom. The van der Waals surface area contributed by atoms with Crippen LogP contribution in [0.3, 0.4) is 0 Å². The van der Waals surface area contributed by atoms with E-state index in [2.05, 4.69) is 20.4 Å². The molecule has 12 nitrogen and oxygen atoms in total. The molecule has 2 aromatic heterocycles. The van der Waals surface area contributed by atoms with Crippen LogP contribution in [0.25, 0.3) is 0 Å². The predicted octanol–water partition coefficient (Wildman–Crippen LogP) is 0.664. The number of aromatic nitrogens is 4. The molecule has 3 N–H and O–H groups in total. The monoisotopic (exact) mass is 452 g/mol. The van der Waals surface area contributed by atoms with E-state index in [1.807, 2.05) is 4.72 Å². The molecule has 1 aliphatic heterocycles. The number of hydrogen-bond acceptors (Lipinski definition) is 10. The van der Waals surface area contributed by atoms with Crippen molar-refractivity contribution in [3.05, 3.63) is 29.8 Å². The molecule has 1 aliphatic rings. The van der Waals surface area contributed by atoms with Crippen LogP contribution in [0.1, 0.15) is 5.56 Å². The minimum atomic E-state index is -5.02. The van der Waals surface area contributed by atoms with Crippen LogP contribution in [-0.4, -0.2) is 54.6 Å². The molecule has 164 valence electrons. The average molecular weight is 452 g/mol. The second-order valence-corrected chi connectivity index (χ2v) is 7.29. The Morgan fingerprint density at radius 3 is 2.53 bits per heavy atom. The Kier molecular flexibility index (Phi) is 5.25. The van der Waals surface area contributed by atoms with Gasteiger partial charge in [0.15, 0.2) is 10.8 Å². The van der Waals surface area contributed by atoms with Crippen molar-refractivity contribution in [2.45, 2.75) is 17.0 Å². The smallest absolute Gasteiger partial charge is 0.418 e. The largest absolute Gasteiger partial charge is 0.482 e. The number of methoxy groups -OCH3 is 3. The second-order valence-electron chi connectivity index (χ2n) is 5.67. The van der Waals surface area contributed by atoms with Crippen molar-refractivity contribution in [2.24, 2.45) is 0 Å². The summed E-state index contributed by atoms with van der Waals surface area (Å²) in [5.41, 5.74) is -1.50. The lowest BCUT2D eigenvalue weighted by Gasteiger charge is -2.28. The maximum absolute atomic E-state index is 13.4. The molecule has 1 unspecified atom stereocenters. The van der Waals surface area contributed by atoms with Gasteiger partial charge in [-0.3, -0.25) is 5.32 Å². The van der Waals surface area contributed by atoms with Crippen LogP contribution >= 0.6 is 0 Å². The van der Waals surface area contributed by atoms with Crippen LogP contribution in [0.2, 0.25) is 0 Å². The van der Waals surface area contributed by atoms with Crippen molar-refractivity contribution < 1.29 is 40.9 Å². The van der Waals surface area contributed by atoms with Gasteiger partial charge < -0.3 is 19.3 Å². The molecule has 0 aromatic carbocycles. The van der Waals surface area contributed by atoms with Gasteiger partial charge in [0.1, 0.15) is 0 Å². The fraction of sp³-hybridized carbons (Fsp3) is 0.357. The van der Waals surface area contributed by atoms with Crippen molar-refractivity contribution >= 4 is 21.9 Å². The molecule has 2 aromatic rings. The highest BCUT2D eigenvalue weighted by atomic mass is 32.2. The summed E-state index contributed by atoms with van der Waals surface area (Å²) < 4.78 is 82.7. The molecule has 0 radical (unpaired) electrons. The highest BCUT2D eigenvalue weighted by Crippen LogP contribution is 2.38. The molecule has 0 amide bonds. The number of ether oxygens (including phenoxy) is 3. The second kappa shape index (κ2) is 7.29. The first-order valence-corrected chi connectivity index (χ1v) is 9.35. The van der Waals surface area contributed by atoms with Crippen molar-refractivity contribution in [1.29, 1.82) is 0 Å². The van der Waals surface area contributed by atoms with Gasteiger partial charge in [0.05, 0.1) is 25.9 Å². The van der Waals surface area contributed by atoms with E-state index in [9.17, 15) is 26.7 Å². The molecule has 1 atom stereocenters. The van der Waals surface area contributed by atoms with E-state index in [0.29, 0.717) is 6.07 Å². The van der Waals surface area contributed by atoms with Gasteiger partial charge in [0, 0.05) is 13.3 Å². The number of fused-ring (bicyclic) bond motifs is 1. The van der Waals surface area contributed by atoms with E-state index in [1.165, 1.54) is 7.11 Å². The SMILES string of the molecule is COC1=CC(O)(OC)n2nc(NS(=O)(=O)c3c(C(F)(F)F)ccnc3OC)nc2N1. The first-order chi connectivity index (χ1) is 13.9. The van der Waals surface area contributed by atoms with Gasteiger partial charge in [-0.1, -0.05) is 0 Å². The number of nitrogens with zero attached hydrogens (tertiary/aromatic N) is 4. The van der Waals surface area contributed by atoms with Crippen LogP contribution in [0, 0.1) is 0 Å². The van der Waals surface area contributed by atoms with Crippen molar-refractivity contribution in [1.82, 2.24) is 19.7 Å². The molecule has 0 aliphatic carbocycles. The molecule has 0 saturated carbocycles. The average Bonchev–Trinajstić information content (AvgIpc) is 3.09. The van der Waals surface area contributed by atoms with Crippen LogP contribution in [0.15, 0.2) is 29.1 Å². The molecule has 30 heavy (non-hydrogen) atoms. The van der Waals surface area contributed by atoms with E-state index in [-0.39, 0.29) is 11.8 Å². The summed E-state index contributed by atoms with van der Waals surface area (Å²) in [6, 6.07) is 0.489. The van der Waals surface area contributed by atoms with Crippen LogP contribution < -0.4 is 14.8 Å². The molecule has 3 rings (SSSR count). The third-order valence-electron chi connectivity index (χ3n) is 3.85. The van der Waals surface area contributed by atoms with Crippen LogP contribution in [0.4, 0.5) is 25.1 Å². The normalized spacial score (nSPS) is 18.8.